The number of carbonyl (C=O) groups is 2. The van der Waals surface area contributed by atoms with Crippen molar-refractivity contribution in [2.24, 2.45) is 14.1 Å². The van der Waals surface area contributed by atoms with E-state index in [4.69, 9.17) is 4.74 Å². The van der Waals surface area contributed by atoms with Gasteiger partial charge in [0.1, 0.15) is 4.83 Å². The number of nitrogens with one attached hydrogen (secondary N) is 1. The number of nitrogens with zero attached hydrogens (tertiary/aromatic N) is 3. The molecule has 0 saturated carbocycles. The van der Waals surface area contributed by atoms with Crippen LogP contribution in [0.2, 0.25) is 0 Å². The lowest BCUT2D eigenvalue weighted by molar-refractivity contribution is -0.142. The highest BCUT2D eigenvalue weighted by molar-refractivity contribution is 7.20. The van der Waals surface area contributed by atoms with E-state index in [-0.39, 0.29) is 17.3 Å². The Morgan fingerprint density at radius 3 is 2.70 bits per heavy atom. The quantitative estimate of drug-likeness (QED) is 0.633. The molecule has 0 saturated heterocycles. The molecule has 3 aromatic heterocycles. The highest BCUT2D eigenvalue weighted by atomic mass is 32.1. The van der Waals surface area contributed by atoms with Crippen LogP contribution in [-0.2, 0) is 30.0 Å². The van der Waals surface area contributed by atoms with Gasteiger partial charge in [-0.1, -0.05) is 0 Å². The third kappa shape index (κ3) is 3.69. The van der Waals surface area contributed by atoms with E-state index in [2.05, 4.69) is 10.3 Å². The van der Waals surface area contributed by atoms with Gasteiger partial charge in [-0.3, -0.25) is 28.8 Å². The second-order valence-electron chi connectivity index (χ2n) is 5.62. The zero-order chi connectivity index (χ0) is 19.7. The maximum Gasteiger partial charge on any atom is 0.331 e. The Bertz CT molecular complexity index is 1150. The summed E-state index contributed by atoms with van der Waals surface area (Å²) < 4.78 is 7.19. The molecule has 0 aliphatic rings. The number of amides is 1. The number of hydrogen-bond donors (Lipinski definition) is 1. The van der Waals surface area contributed by atoms with Crippen molar-refractivity contribution in [2.45, 2.75) is 13.3 Å². The maximum absolute atomic E-state index is 12.5. The van der Waals surface area contributed by atoms with Crippen LogP contribution in [0.3, 0.4) is 0 Å². The van der Waals surface area contributed by atoms with Crippen molar-refractivity contribution in [2.75, 3.05) is 11.9 Å². The van der Waals surface area contributed by atoms with E-state index in [1.807, 2.05) is 0 Å². The minimum Gasteiger partial charge on any atom is -0.466 e. The van der Waals surface area contributed by atoms with Gasteiger partial charge < -0.3 is 4.74 Å². The molecule has 0 radical (unpaired) electrons. The monoisotopic (exact) mass is 408 g/mol. The third-order valence-electron chi connectivity index (χ3n) is 3.75. The van der Waals surface area contributed by atoms with Crippen molar-refractivity contribution in [1.82, 2.24) is 14.1 Å². The summed E-state index contributed by atoms with van der Waals surface area (Å²) in [5.41, 5.74) is -0.402. The topological polar surface area (TPSA) is 112 Å². The molecule has 0 aromatic carbocycles. The molecule has 0 atom stereocenters. The van der Waals surface area contributed by atoms with Gasteiger partial charge >= 0.3 is 11.7 Å². The third-order valence-corrected chi connectivity index (χ3v) is 5.77. The van der Waals surface area contributed by atoms with Gasteiger partial charge in [0, 0.05) is 19.5 Å². The number of fused-ring (bicyclic) bond motifs is 1. The normalized spacial score (nSPS) is 10.9. The van der Waals surface area contributed by atoms with Gasteiger partial charge in [-0.15, -0.1) is 22.7 Å². The van der Waals surface area contributed by atoms with Crippen LogP contribution in [0.5, 0.6) is 0 Å². The summed E-state index contributed by atoms with van der Waals surface area (Å²) in [7, 11) is 2.94. The van der Waals surface area contributed by atoms with Gasteiger partial charge in [0.2, 0.25) is 0 Å². The molecule has 3 aromatic rings. The number of hydrogen-bond acceptors (Lipinski definition) is 8. The van der Waals surface area contributed by atoms with Crippen molar-refractivity contribution in [3.8, 4) is 0 Å². The van der Waals surface area contributed by atoms with Crippen LogP contribution in [-0.4, -0.2) is 32.6 Å². The number of aryl methyl sites for hydroxylation is 1. The molecule has 11 heteroatoms. The zero-order valence-corrected chi connectivity index (χ0v) is 16.4. The van der Waals surface area contributed by atoms with E-state index in [1.54, 1.807) is 19.4 Å². The molecular weight excluding hydrogens is 392 g/mol. The Balaban J connectivity index is 1.83. The number of esters is 1. The predicted molar refractivity (Wildman–Crippen MR) is 103 cm³/mol. The average Bonchev–Trinajstić information content (AvgIpc) is 3.25. The number of carbonyl (C=O) groups excluding carboxylic acids is 2. The summed E-state index contributed by atoms with van der Waals surface area (Å²) in [6, 6.07) is 1.46. The summed E-state index contributed by atoms with van der Waals surface area (Å²) in [4.78, 5) is 53.1. The first-order chi connectivity index (χ1) is 12.8. The van der Waals surface area contributed by atoms with Gasteiger partial charge in [0.05, 0.1) is 29.0 Å². The highest BCUT2D eigenvalue weighted by Crippen LogP contribution is 2.24. The van der Waals surface area contributed by atoms with Crippen molar-refractivity contribution >= 4 is 49.9 Å². The van der Waals surface area contributed by atoms with Crippen LogP contribution in [0.15, 0.2) is 21.0 Å². The van der Waals surface area contributed by atoms with Gasteiger partial charge in [-0.05, 0) is 13.0 Å². The lowest BCUT2D eigenvalue weighted by atomic mass is 10.3. The van der Waals surface area contributed by atoms with E-state index in [9.17, 15) is 19.2 Å². The van der Waals surface area contributed by atoms with Crippen molar-refractivity contribution in [3.63, 3.8) is 0 Å². The number of thiophene rings is 1. The molecule has 3 rings (SSSR count). The van der Waals surface area contributed by atoms with E-state index in [0.717, 1.165) is 15.9 Å². The predicted octanol–water partition coefficient (Wildman–Crippen LogP) is 1.11. The Morgan fingerprint density at radius 2 is 2.00 bits per heavy atom. The standard InChI is InChI=1S/C16H16N4O5S2/c1-4-25-11(21)5-8-7-26-15(17-8)18-12(22)10-6-9-13(23)19(2)16(24)20(3)14(9)27-10/h6-7H,4-5H2,1-3H3,(H,17,18,22). The van der Waals surface area contributed by atoms with Gasteiger partial charge in [0.15, 0.2) is 5.13 Å². The molecule has 142 valence electrons. The Hall–Kier alpha value is -2.79. The van der Waals surface area contributed by atoms with E-state index in [1.165, 1.54) is 29.0 Å². The first-order valence-corrected chi connectivity index (χ1v) is 9.62. The lowest BCUT2D eigenvalue weighted by Gasteiger charge is -2.01. The minimum absolute atomic E-state index is 0.0290. The molecule has 1 amide bonds. The zero-order valence-electron chi connectivity index (χ0n) is 14.8. The number of thiazole rings is 1. The largest absolute Gasteiger partial charge is 0.466 e. The van der Waals surface area contributed by atoms with Crippen molar-refractivity contribution in [1.29, 1.82) is 0 Å². The molecule has 9 nitrogen and oxygen atoms in total. The fourth-order valence-electron chi connectivity index (χ4n) is 2.44. The van der Waals surface area contributed by atoms with Crippen LogP contribution >= 0.6 is 22.7 Å². The lowest BCUT2D eigenvalue weighted by Crippen LogP contribution is -2.36. The maximum atomic E-state index is 12.5. The molecule has 0 aliphatic heterocycles. The molecule has 0 fully saturated rings. The second kappa shape index (κ2) is 7.45. The Labute approximate surface area is 160 Å². The van der Waals surface area contributed by atoms with Crippen LogP contribution < -0.4 is 16.6 Å². The van der Waals surface area contributed by atoms with Crippen LogP contribution in [0, 0.1) is 0 Å². The molecule has 0 bridgehead atoms. The Morgan fingerprint density at radius 1 is 1.26 bits per heavy atom. The van der Waals surface area contributed by atoms with Crippen LogP contribution in [0.4, 0.5) is 5.13 Å². The molecule has 0 aliphatic carbocycles. The first-order valence-electron chi connectivity index (χ1n) is 7.92. The Kier molecular flexibility index (Phi) is 5.24. The van der Waals surface area contributed by atoms with Gasteiger partial charge in [-0.25, -0.2) is 9.78 Å². The average molecular weight is 408 g/mol. The molecule has 0 unspecified atom stereocenters. The SMILES string of the molecule is CCOC(=O)Cc1csc(NC(=O)c2cc3c(=O)n(C)c(=O)n(C)c3s2)n1. The van der Waals surface area contributed by atoms with Gasteiger partial charge in [-0.2, -0.15) is 0 Å². The number of ether oxygens (including phenoxy) is 1. The smallest absolute Gasteiger partial charge is 0.331 e. The number of aromatic nitrogens is 3. The molecule has 27 heavy (non-hydrogen) atoms. The fraction of sp³-hybridized carbons (Fsp3) is 0.312. The first kappa shape index (κ1) is 19.0. The van der Waals surface area contributed by atoms with Crippen molar-refractivity contribution < 1.29 is 14.3 Å². The van der Waals surface area contributed by atoms with E-state index in [0.29, 0.717) is 27.6 Å². The summed E-state index contributed by atoms with van der Waals surface area (Å²) in [6.45, 7) is 2.01. The van der Waals surface area contributed by atoms with Crippen LogP contribution in [0.25, 0.3) is 10.2 Å². The molecule has 0 spiro atoms. The summed E-state index contributed by atoms with van der Waals surface area (Å²) in [6.07, 6.45) is 0.0290. The van der Waals surface area contributed by atoms with Gasteiger partial charge in [0.25, 0.3) is 11.5 Å². The summed E-state index contributed by atoms with van der Waals surface area (Å²) >= 11 is 2.24. The van der Waals surface area contributed by atoms with Crippen molar-refractivity contribution in [3.05, 3.63) is 42.9 Å². The minimum atomic E-state index is -0.454. The second-order valence-corrected chi connectivity index (χ2v) is 7.50. The number of rotatable bonds is 5. The van der Waals surface area contributed by atoms with Crippen LogP contribution in [0.1, 0.15) is 22.3 Å². The molecule has 3 heterocycles. The summed E-state index contributed by atoms with van der Waals surface area (Å²) in [5.74, 6) is -0.829. The molecular formula is C16H16N4O5S2. The highest BCUT2D eigenvalue weighted by Gasteiger charge is 2.18. The fourth-order valence-corrected chi connectivity index (χ4v) is 4.14. The van der Waals surface area contributed by atoms with E-state index < -0.39 is 17.2 Å². The molecule has 1 N–H and O–H groups in total. The van der Waals surface area contributed by atoms with E-state index >= 15 is 0 Å². The number of anilines is 1. The summed E-state index contributed by atoms with van der Waals surface area (Å²) in [5, 5.41) is 4.94.